The molecule has 0 aromatic carbocycles. The predicted octanol–water partition coefficient (Wildman–Crippen LogP) is 7.83. The van der Waals surface area contributed by atoms with Gasteiger partial charge in [-0.25, -0.2) is 0 Å². The molecule has 268 valence electrons. The van der Waals surface area contributed by atoms with Crippen LogP contribution in [0.3, 0.4) is 0 Å². The summed E-state index contributed by atoms with van der Waals surface area (Å²) in [6.45, 7) is 13.4. The van der Waals surface area contributed by atoms with Gasteiger partial charge in [-0.15, -0.1) is 0 Å². The maximum absolute atomic E-state index is 5.91. The Kier molecular flexibility index (Phi) is 46.7. The van der Waals surface area contributed by atoms with E-state index < -0.39 is 0 Å². The van der Waals surface area contributed by atoms with Crippen molar-refractivity contribution >= 4 is 0 Å². The SMILES string of the molecule is CCCCCCCCCCCCOCC(CN)OCCCCCCCCCCCC.NCCCNCCCCNCCCN. The molecule has 0 spiro atoms. The van der Waals surface area contributed by atoms with Gasteiger partial charge in [-0.3, -0.25) is 0 Å². The Balaban J connectivity index is 0. The van der Waals surface area contributed by atoms with Gasteiger partial charge in [-0.1, -0.05) is 129 Å². The van der Waals surface area contributed by atoms with Crippen molar-refractivity contribution < 1.29 is 9.47 Å². The van der Waals surface area contributed by atoms with Crippen molar-refractivity contribution in [3.8, 4) is 0 Å². The molecule has 0 saturated heterocycles. The van der Waals surface area contributed by atoms with Gasteiger partial charge in [-0.2, -0.15) is 0 Å². The van der Waals surface area contributed by atoms with Crippen LogP contribution in [0.5, 0.6) is 0 Å². The van der Waals surface area contributed by atoms with Crippen molar-refractivity contribution in [2.75, 3.05) is 65.6 Å². The van der Waals surface area contributed by atoms with Crippen LogP contribution in [-0.2, 0) is 9.47 Å². The summed E-state index contributed by atoms with van der Waals surface area (Å²) in [5, 5.41) is 6.72. The van der Waals surface area contributed by atoms with E-state index in [1.807, 2.05) is 0 Å². The molecule has 0 aromatic rings. The smallest absolute Gasteiger partial charge is 0.0930 e. The molecule has 1 unspecified atom stereocenters. The van der Waals surface area contributed by atoms with Crippen LogP contribution in [0.15, 0.2) is 0 Å². The molecule has 0 heterocycles. The lowest BCUT2D eigenvalue weighted by atomic mass is 10.1. The monoisotopic (exact) mass is 630 g/mol. The van der Waals surface area contributed by atoms with Gasteiger partial charge >= 0.3 is 0 Å². The third-order valence-corrected chi connectivity index (χ3v) is 8.13. The van der Waals surface area contributed by atoms with Gasteiger partial charge < -0.3 is 37.3 Å². The molecule has 0 fully saturated rings. The molecule has 0 amide bonds. The molecule has 1 atom stereocenters. The highest BCUT2D eigenvalue weighted by Crippen LogP contribution is 2.12. The number of ether oxygens (including phenoxy) is 2. The Morgan fingerprint density at radius 2 is 0.795 bits per heavy atom. The molecule has 0 bridgehead atoms. The number of hydrogen-bond acceptors (Lipinski definition) is 7. The van der Waals surface area contributed by atoms with Crippen molar-refractivity contribution in [3.63, 3.8) is 0 Å². The summed E-state index contributed by atoms with van der Waals surface area (Å²) in [6, 6.07) is 0. The predicted molar refractivity (Wildman–Crippen MR) is 196 cm³/mol. The van der Waals surface area contributed by atoms with Crippen LogP contribution in [0.2, 0.25) is 0 Å². The van der Waals surface area contributed by atoms with Crippen LogP contribution in [0.1, 0.15) is 168 Å². The van der Waals surface area contributed by atoms with Crippen LogP contribution in [0, 0.1) is 0 Å². The minimum absolute atomic E-state index is 0.0756. The zero-order chi connectivity index (χ0) is 32.4. The highest BCUT2D eigenvalue weighted by Gasteiger charge is 2.07. The lowest BCUT2D eigenvalue weighted by Gasteiger charge is -2.16. The second-order valence-corrected chi connectivity index (χ2v) is 12.7. The molecular weight excluding hydrogens is 546 g/mol. The maximum Gasteiger partial charge on any atom is 0.0930 e. The van der Waals surface area contributed by atoms with E-state index in [2.05, 4.69) is 24.5 Å². The average molecular weight is 630 g/mol. The summed E-state index contributed by atoms with van der Waals surface area (Å²) in [4.78, 5) is 0. The van der Waals surface area contributed by atoms with E-state index >= 15 is 0 Å². The molecule has 8 N–H and O–H groups in total. The van der Waals surface area contributed by atoms with Gasteiger partial charge in [-0.05, 0) is 77.8 Å². The lowest BCUT2D eigenvalue weighted by molar-refractivity contribution is -0.0136. The zero-order valence-corrected chi connectivity index (χ0v) is 30.2. The van der Waals surface area contributed by atoms with Gasteiger partial charge in [0.05, 0.1) is 12.7 Å². The normalized spacial score (nSPS) is 11.9. The summed E-state index contributed by atoms with van der Waals surface area (Å²) >= 11 is 0. The fourth-order valence-corrected chi connectivity index (χ4v) is 5.13. The number of nitrogens with one attached hydrogen (secondary N) is 2. The fraction of sp³-hybridized carbons (Fsp3) is 1.00. The number of hydrogen-bond donors (Lipinski definition) is 5. The van der Waals surface area contributed by atoms with Crippen molar-refractivity contribution in [3.05, 3.63) is 0 Å². The summed E-state index contributed by atoms with van der Waals surface area (Å²) in [7, 11) is 0. The third-order valence-electron chi connectivity index (χ3n) is 8.13. The molecule has 0 aromatic heterocycles. The first-order valence-electron chi connectivity index (χ1n) is 19.5. The molecule has 44 heavy (non-hydrogen) atoms. The topological polar surface area (TPSA) is 121 Å². The molecule has 0 aliphatic heterocycles. The minimum atomic E-state index is 0.0756. The van der Waals surface area contributed by atoms with Crippen LogP contribution < -0.4 is 27.8 Å². The molecule has 0 aliphatic carbocycles. The number of rotatable bonds is 37. The van der Waals surface area contributed by atoms with Crippen molar-refractivity contribution in [2.24, 2.45) is 17.2 Å². The first kappa shape index (κ1) is 45.8. The zero-order valence-electron chi connectivity index (χ0n) is 30.2. The van der Waals surface area contributed by atoms with E-state index in [1.54, 1.807) is 0 Å². The molecule has 0 rings (SSSR count). The summed E-state index contributed by atoms with van der Waals surface area (Å²) in [5.41, 5.74) is 16.6. The van der Waals surface area contributed by atoms with E-state index in [9.17, 15) is 0 Å². The first-order chi connectivity index (χ1) is 21.8. The Hall–Kier alpha value is -0.280. The van der Waals surface area contributed by atoms with Crippen molar-refractivity contribution in [1.82, 2.24) is 10.6 Å². The summed E-state index contributed by atoms with van der Waals surface area (Å²) in [5.74, 6) is 0. The van der Waals surface area contributed by atoms with Crippen LogP contribution >= 0.6 is 0 Å². The molecule has 7 nitrogen and oxygen atoms in total. The molecular formula is C37H83N5O2. The van der Waals surface area contributed by atoms with Gasteiger partial charge in [0, 0.05) is 19.8 Å². The molecule has 7 heteroatoms. The molecule has 0 aliphatic rings. The maximum atomic E-state index is 5.91. The summed E-state index contributed by atoms with van der Waals surface area (Å²) < 4.78 is 11.7. The van der Waals surface area contributed by atoms with Crippen LogP contribution in [0.25, 0.3) is 0 Å². The first-order valence-corrected chi connectivity index (χ1v) is 19.5. The van der Waals surface area contributed by atoms with Crippen LogP contribution in [0.4, 0.5) is 0 Å². The largest absolute Gasteiger partial charge is 0.379 e. The fourth-order valence-electron chi connectivity index (χ4n) is 5.13. The molecule has 0 radical (unpaired) electrons. The second kappa shape index (κ2) is 44.8. The average Bonchev–Trinajstić information content (AvgIpc) is 3.04. The number of nitrogens with two attached hydrogens (primary N) is 3. The van der Waals surface area contributed by atoms with E-state index in [0.717, 1.165) is 71.7 Å². The molecule has 0 saturated carbocycles. The number of unbranched alkanes of at least 4 members (excludes halogenated alkanes) is 19. The minimum Gasteiger partial charge on any atom is -0.379 e. The van der Waals surface area contributed by atoms with E-state index in [4.69, 9.17) is 26.7 Å². The standard InChI is InChI=1S/C27H57NO2.C10H26N4/c1-3-5-7-9-11-13-15-17-19-21-23-29-26-27(25-28)30-24-22-20-18-16-14-12-10-8-6-4-2;11-5-3-9-13-7-1-2-8-14-10-4-6-12/h27H,3-26,28H2,1-2H3;13-14H,1-12H2. The van der Waals surface area contributed by atoms with Crippen LogP contribution in [-0.4, -0.2) is 71.7 Å². The van der Waals surface area contributed by atoms with Gasteiger partial charge in [0.15, 0.2) is 0 Å². The van der Waals surface area contributed by atoms with Crippen molar-refractivity contribution in [2.45, 2.75) is 174 Å². The van der Waals surface area contributed by atoms with Gasteiger partial charge in [0.25, 0.3) is 0 Å². The Labute approximate surface area is 276 Å². The van der Waals surface area contributed by atoms with Crippen molar-refractivity contribution in [1.29, 1.82) is 0 Å². The Morgan fingerprint density at radius 1 is 0.432 bits per heavy atom. The van der Waals surface area contributed by atoms with E-state index in [1.165, 1.54) is 135 Å². The van der Waals surface area contributed by atoms with Gasteiger partial charge in [0.1, 0.15) is 0 Å². The lowest BCUT2D eigenvalue weighted by Crippen LogP contribution is -2.29. The highest BCUT2D eigenvalue weighted by molar-refractivity contribution is 4.58. The van der Waals surface area contributed by atoms with E-state index in [-0.39, 0.29) is 6.10 Å². The highest BCUT2D eigenvalue weighted by atomic mass is 16.5. The quantitative estimate of drug-likeness (QED) is 0.0444. The second-order valence-electron chi connectivity index (χ2n) is 12.7. The Bertz CT molecular complexity index is 461. The van der Waals surface area contributed by atoms with Gasteiger partial charge in [0.2, 0.25) is 0 Å². The summed E-state index contributed by atoms with van der Waals surface area (Å²) in [6.07, 6.45) is 31.9. The van der Waals surface area contributed by atoms with E-state index in [0.29, 0.717) is 13.2 Å². The Morgan fingerprint density at radius 3 is 1.18 bits per heavy atom. The third kappa shape index (κ3) is 43.8.